The highest BCUT2D eigenvalue weighted by molar-refractivity contribution is 5.62. The molecule has 33 heavy (non-hydrogen) atoms. The van der Waals surface area contributed by atoms with Crippen LogP contribution in [-0.2, 0) is 11.3 Å². The van der Waals surface area contributed by atoms with Gasteiger partial charge in [-0.2, -0.15) is 8.78 Å². The molecule has 1 saturated heterocycles. The summed E-state index contributed by atoms with van der Waals surface area (Å²) in [5, 5.41) is 8.30. The van der Waals surface area contributed by atoms with Gasteiger partial charge in [-0.15, -0.1) is 10.2 Å². The van der Waals surface area contributed by atoms with Gasteiger partial charge in [-0.25, -0.2) is 9.37 Å². The number of hydrogen-bond acceptors (Lipinski definition) is 8. The summed E-state index contributed by atoms with van der Waals surface area (Å²) in [5.74, 6) is 1.33. The maximum absolute atomic E-state index is 13.6. The van der Waals surface area contributed by atoms with E-state index in [9.17, 15) is 13.2 Å². The zero-order valence-corrected chi connectivity index (χ0v) is 17.7. The molecule has 0 saturated carbocycles. The minimum atomic E-state index is -2.92. The number of alkyl halides is 2. The van der Waals surface area contributed by atoms with Gasteiger partial charge in [0.15, 0.2) is 5.82 Å². The molecule has 0 radical (unpaired) electrons. The Morgan fingerprint density at radius 3 is 2.76 bits per heavy atom. The van der Waals surface area contributed by atoms with Crippen molar-refractivity contribution >= 4 is 11.6 Å². The number of anilines is 2. The SMILES string of the molecule is COc1ccc(-n2c(COC(F)F)nnc2N2CC(N3CCOc4cc(F)ccc43)C2)cn1. The molecule has 0 unspecified atom stereocenters. The van der Waals surface area contributed by atoms with Gasteiger partial charge in [0.1, 0.15) is 24.8 Å². The van der Waals surface area contributed by atoms with Gasteiger partial charge in [0.25, 0.3) is 0 Å². The first-order chi connectivity index (χ1) is 16.0. The quantitative estimate of drug-likeness (QED) is 0.531. The first-order valence-corrected chi connectivity index (χ1v) is 10.3. The topological polar surface area (TPSA) is 77.8 Å². The van der Waals surface area contributed by atoms with Crippen LogP contribution in [0, 0.1) is 5.82 Å². The Bertz CT molecular complexity index is 1120. The highest BCUT2D eigenvalue weighted by Crippen LogP contribution is 2.36. The van der Waals surface area contributed by atoms with Crippen LogP contribution >= 0.6 is 0 Å². The summed E-state index contributed by atoms with van der Waals surface area (Å²) >= 11 is 0. The van der Waals surface area contributed by atoms with Gasteiger partial charge in [0.05, 0.1) is 37.3 Å². The second-order valence-corrected chi connectivity index (χ2v) is 7.59. The van der Waals surface area contributed by atoms with E-state index < -0.39 is 13.2 Å². The molecule has 5 rings (SSSR count). The number of nitrogens with zero attached hydrogens (tertiary/aromatic N) is 6. The van der Waals surface area contributed by atoms with E-state index in [1.54, 1.807) is 29.0 Å². The van der Waals surface area contributed by atoms with E-state index in [0.717, 1.165) is 5.69 Å². The molecular formula is C21H21F3N6O3. The molecular weight excluding hydrogens is 441 g/mol. The third-order valence-electron chi connectivity index (χ3n) is 5.65. The van der Waals surface area contributed by atoms with Crippen LogP contribution in [0.25, 0.3) is 5.69 Å². The first-order valence-electron chi connectivity index (χ1n) is 10.3. The summed E-state index contributed by atoms with van der Waals surface area (Å²) in [6.45, 7) is -0.943. The zero-order valence-electron chi connectivity index (χ0n) is 17.7. The molecule has 0 N–H and O–H groups in total. The molecule has 0 bridgehead atoms. The molecule has 4 heterocycles. The molecule has 2 aliphatic heterocycles. The van der Waals surface area contributed by atoms with E-state index in [4.69, 9.17) is 9.47 Å². The number of fused-ring (bicyclic) bond motifs is 1. The first kappa shape index (κ1) is 21.3. The van der Waals surface area contributed by atoms with E-state index in [1.165, 1.54) is 19.2 Å². The molecule has 0 aliphatic carbocycles. The van der Waals surface area contributed by atoms with Crippen LogP contribution in [0.2, 0.25) is 0 Å². The molecule has 9 nitrogen and oxygen atoms in total. The van der Waals surface area contributed by atoms with Crippen molar-refractivity contribution in [3.8, 4) is 17.3 Å². The van der Waals surface area contributed by atoms with Crippen LogP contribution in [0.4, 0.5) is 24.8 Å². The summed E-state index contributed by atoms with van der Waals surface area (Å²) in [6, 6.07) is 8.09. The molecule has 0 amide bonds. The predicted molar refractivity (Wildman–Crippen MR) is 112 cm³/mol. The van der Waals surface area contributed by atoms with Crippen LogP contribution in [0.1, 0.15) is 5.82 Å². The monoisotopic (exact) mass is 462 g/mol. The number of ether oxygens (including phenoxy) is 3. The average Bonchev–Trinajstić information content (AvgIpc) is 3.20. The van der Waals surface area contributed by atoms with E-state index in [1.807, 2.05) is 4.90 Å². The summed E-state index contributed by atoms with van der Waals surface area (Å²) in [5.41, 5.74) is 1.44. The number of rotatable bonds is 7. The van der Waals surface area contributed by atoms with Gasteiger partial charge >= 0.3 is 6.61 Å². The third-order valence-corrected chi connectivity index (χ3v) is 5.65. The largest absolute Gasteiger partial charge is 0.489 e. The van der Waals surface area contributed by atoms with E-state index in [0.29, 0.717) is 49.5 Å². The Hall–Kier alpha value is -3.54. The summed E-state index contributed by atoms with van der Waals surface area (Å²) in [6.07, 6.45) is 1.56. The highest BCUT2D eigenvalue weighted by atomic mass is 19.3. The lowest BCUT2D eigenvalue weighted by Crippen LogP contribution is -2.61. The Kier molecular flexibility index (Phi) is 5.67. The molecule has 1 aromatic carbocycles. The Morgan fingerprint density at radius 2 is 2.03 bits per heavy atom. The van der Waals surface area contributed by atoms with Crippen molar-refractivity contribution in [2.45, 2.75) is 19.3 Å². The second-order valence-electron chi connectivity index (χ2n) is 7.59. The van der Waals surface area contributed by atoms with Gasteiger partial charge in [0.2, 0.25) is 11.8 Å². The summed E-state index contributed by atoms with van der Waals surface area (Å²) in [4.78, 5) is 8.37. The molecule has 1 fully saturated rings. The molecule has 2 aromatic heterocycles. The van der Waals surface area contributed by atoms with Crippen molar-refractivity contribution < 1.29 is 27.4 Å². The van der Waals surface area contributed by atoms with Gasteiger partial charge in [0, 0.05) is 25.2 Å². The summed E-state index contributed by atoms with van der Waals surface area (Å²) < 4.78 is 55.7. The van der Waals surface area contributed by atoms with Crippen LogP contribution in [0.15, 0.2) is 36.5 Å². The second kappa shape index (κ2) is 8.77. The average molecular weight is 462 g/mol. The number of benzene rings is 1. The van der Waals surface area contributed by atoms with E-state index >= 15 is 0 Å². The fourth-order valence-corrected chi connectivity index (χ4v) is 4.04. The number of halogens is 3. The Morgan fingerprint density at radius 1 is 1.18 bits per heavy atom. The minimum Gasteiger partial charge on any atom is -0.489 e. The van der Waals surface area contributed by atoms with Gasteiger partial charge in [-0.3, -0.25) is 4.57 Å². The van der Waals surface area contributed by atoms with E-state index in [-0.39, 0.29) is 17.7 Å². The number of hydrogen-bond donors (Lipinski definition) is 0. The van der Waals surface area contributed by atoms with Crippen LogP contribution in [0.3, 0.4) is 0 Å². The molecule has 0 atom stereocenters. The molecule has 174 valence electrons. The van der Waals surface area contributed by atoms with Crippen molar-refractivity contribution in [1.29, 1.82) is 0 Å². The third kappa shape index (κ3) is 4.13. The molecule has 2 aliphatic rings. The number of pyridine rings is 1. The fraction of sp³-hybridized carbons (Fsp3) is 0.381. The molecule has 3 aromatic rings. The molecule has 12 heteroatoms. The lowest BCUT2D eigenvalue weighted by molar-refractivity contribution is -0.139. The van der Waals surface area contributed by atoms with Crippen molar-refractivity contribution in [3.63, 3.8) is 0 Å². The normalized spacial score (nSPS) is 15.9. The minimum absolute atomic E-state index is 0.151. The molecule has 0 spiro atoms. The predicted octanol–water partition coefficient (Wildman–Crippen LogP) is 2.64. The Balaban J connectivity index is 1.38. The smallest absolute Gasteiger partial charge is 0.345 e. The maximum Gasteiger partial charge on any atom is 0.345 e. The van der Waals surface area contributed by atoms with E-state index in [2.05, 4.69) is 24.8 Å². The maximum atomic E-state index is 13.6. The van der Waals surface area contributed by atoms with Crippen molar-refractivity contribution in [1.82, 2.24) is 19.7 Å². The van der Waals surface area contributed by atoms with Crippen LogP contribution < -0.4 is 19.3 Å². The van der Waals surface area contributed by atoms with Gasteiger partial charge < -0.3 is 24.0 Å². The fourth-order valence-electron chi connectivity index (χ4n) is 4.04. The summed E-state index contributed by atoms with van der Waals surface area (Å²) in [7, 11) is 1.51. The van der Waals surface area contributed by atoms with Crippen molar-refractivity contribution in [3.05, 3.63) is 48.2 Å². The van der Waals surface area contributed by atoms with Crippen LogP contribution in [-0.4, -0.2) is 65.8 Å². The lowest BCUT2D eigenvalue weighted by atomic mass is 10.1. The highest BCUT2D eigenvalue weighted by Gasteiger charge is 2.37. The van der Waals surface area contributed by atoms with Crippen LogP contribution in [0.5, 0.6) is 11.6 Å². The lowest BCUT2D eigenvalue weighted by Gasteiger charge is -2.48. The standard InChI is InChI=1S/C21H21F3N6O3/c1-31-19-5-3-14(9-25-19)30-18(12-33-20(23)24)26-27-21(30)28-10-15(11-28)29-6-7-32-17-8-13(22)2-4-16(17)29/h2-5,8-9,15,20H,6-7,10-12H2,1H3. The van der Waals surface area contributed by atoms with Gasteiger partial charge in [-0.05, 0) is 18.2 Å². The van der Waals surface area contributed by atoms with Gasteiger partial charge in [-0.1, -0.05) is 0 Å². The Labute approximate surface area is 187 Å². The number of aromatic nitrogens is 4. The van der Waals surface area contributed by atoms with Crippen molar-refractivity contribution in [2.24, 2.45) is 0 Å². The van der Waals surface area contributed by atoms with Crippen molar-refractivity contribution in [2.75, 3.05) is 43.2 Å². The zero-order chi connectivity index (χ0) is 22.9. The number of methoxy groups -OCH3 is 1.